The summed E-state index contributed by atoms with van der Waals surface area (Å²) in [7, 11) is 1.59. The third-order valence-electron chi connectivity index (χ3n) is 2.07. The lowest BCUT2D eigenvalue weighted by atomic mass is 10.0. The van der Waals surface area contributed by atoms with E-state index in [4.69, 9.17) is 15.6 Å². The number of ether oxygens (including phenoxy) is 1. The maximum Gasteiger partial charge on any atom is 0.304 e. The quantitative estimate of drug-likeness (QED) is 0.760. The van der Waals surface area contributed by atoms with E-state index in [-0.39, 0.29) is 12.5 Å². The monoisotopic (exact) mass is 209 g/mol. The lowest BCUT2D eigenvalue weighted by Gasteiger charge is -2.09. The number of carbonyl (C=O) groups is 1. The van der Waals surface area contributed by atoms with E-state index in [1.807, 2.05) is 24.3 Å². The average molecular weight is 209 g/mol. The normalized spacial score (nSPS) is 12.1. The van der Waals surface area contributed by atoms with Crippen molar-refractivity contribution >= 4 is 5.97 Å². The van der Waals surface area contributed by atoms with Gasteiger partial charge in [0, 0.05) is 6.04 Å². The van der Waals surface area contributed by atoms with Crippen molar-refractivity contribution < 1.29 is 14.6 Å². The topological polar surface area (TPSA) is 72.5 Å². The Kier molecular flexibility index (Phi) is 4.12. The number of carboxylic acid groups (broad SMARTS) is 1. The lowest BCUT2D eigenvalue weighted by molar-refractivity contribution is -0.137. The van der Waals surface area contributed by atoms with Gasteiger partial charge in [-0.1, -0.05) is 12.1 Å². The number of rotatable bonds is 5. The van der Waals surface area contributed by atoms with E-state index in [0.29, 0.717) is 6.42 Å². The maximum absolute atomic E-state index is 10.4. The molecule has 4 heteroatoms. The van der Waals surface area contributed by atoms with Gasteiger partial charge in [0.05, 0.1) is 13.5 Å². The third-order valence-corrected chi connectivity index (χ3v) is 2.07. The molecule has 0 unspecified atom stereocenters. The van der Waals surface area contributed by atoms with Gasteiger partial charge in [0.25, 0.3) is 0 Å². The number of methoxy groups -OCH3 is 1. The molecule has 1 atom stereocenters. The van der Waals surface area contributed by atoms with Gasteiger partial charge in [-0.2, -0.15) is 0 Å². The highest BCUT2D eigenvalue weighted by Crippen LogP contribution is 2.14. The van der Waals surface area contributed by atoms with Gasteiger partial charge in [-0.25, -0.2) is 0 Å². The fourth-order valence-corrected chi connectivity index (χ4v) is 1.40. The largest absolute Gasteiger partial charge is 0.497 e. The van der Waals surface area contributed by atoms with Gasteiger partial charge in [0.1, 0.15) is 5.75 Å². The first-order valence-electron chi connectivity index (χ1n) is 4.72. The van der Waals surface area contributed by atoms with Crippen molar-refractivity contribution in [3.63, 3.8) is 0 Å². The molecular weight excluding hydrogens is 194 g/mol. The van der Waals surface area contributed by atoms with Crippen LogP contribution in [0.3, 0.4) is 0 Å². The second-order valence-electron chi connectivity index (χ2n) is 3.41. The SMILES string of the molecule is COc1cccc(C[C@H](N)CC(=O)O)c1. The van der Waals surface area contributed by atoms with Crippen LogP contribution in [0.2, 0.25) is 0 Å². The summed E-state index contributed by atoms with van der Waals surface area (Å²) >= 11 is 0. The first kappa shape index (κ1) is 11.5. The molecule has 3 N–H and O–H groups in total. The number of nitrogens with two attached hydrogens (primary N) is 1. The molecule has 1 aromatic rings. The number of benzene rings is 1. The fourth-order valence-electron chi connectivity index (χ4n) is 1.40. The van der Waals surface area contributed by atoms with Crippen LogP contribution >= 0.6 is 0 Å². The Balaban J connectivity index is 2.59. The molecule has 0 aromatic heterocycles. The summed E-state index contributed by atoms with van der Waals surface area (Å²) in [4.78, 5) is 10.4. The van der Waals surface area contributed by atoms with Crippen LogP contribution in [0, 0.1) is 0 Å². The van der Waals surface area contributed by atoms with E-state index in [1.165, 1.54) is 0 Å². The van der Waals surface area contributed by atoms with Crippen molar-refractivity contribution in [1.29, 1.82) is 0 Å². The molecule has 0 saturated carbocycles. The molecule has 0 spiro atoms. The Morgan fingerprint density at radius 2 is 2.33 bits per heavy atom. The van der Waals surface area contributed by atoms with Crippen molar-refractivity contribution in [3.05, 3.63) is 29.8 Å². The second-order valence-corrected chi connectivity index (χ2v) is 3.41. The van der Waals surface area contributed by atoms with Gasteiger partial charge in [-0.3, -0.25) is 4.79 Å². The zero-order chi connectivity index (χ0) is 11.3. The minimum absolute atomic E-state index is 0.0167. The standard InChI is InChI=1S/C11H15NO3/c1-15-10-4-2-3-8(6-10)5-9(12)7-11(13)14/h2-4,6,9H,5,7,12H2,1H3,(H,13,14)/t9-/m0/s1. The summed E-state index contributed by atoms with van der Waals surface area (Å²) in [6, 6.07) is 7.12. The molecule has 0 aliphatic heterocycles. The predicted octanol–water partition coefficient (Wildman–Crippen LogP) is 1.04. The molecule has 0 saturated heterocycles. The Hall–Kier alpha value is -1.55. The van der Waals surface area contributed by atoms with Crippen molar-refractivity contribution in [2.45, 2.75) is 18.9 Å². The molecule has 0 radical (unpaired) electrons. The fraction of sp³-hybridized carbons (Fsp3) is 0.364. The van der Waals surface area contributed by atoms with Crippen molar-refractivity contribution in [2.24, 2.45) is 5.73 Å². The minimum Gasteiger partial charge on any atom is -0.497 e. The van der Waals surface area contributed by atoms with E-state index < -0.39 is 5.97 Å². The molecule has 0 bridgehead atoms. The zero-order valence-corrected chi connectivity index (χ0v) is 8.64. The predicted molar refractivity (Wildman–Crippen MR) is 56.9 cm³/mol. The average Bonchev–Trinajstić information content (AvgIpc) is 2.16. The Labute approximate surface area is 88.7 Å². The molecule has 15 heavy (non-hydrogen) atoms. The van der Waals surface area contributed by atoms with Crippen LogP contribution in [0.25, 0.3) is 0 Å². The van der Waals surface area contributed by atoms with Gasteiger partial charge >= 0.3 is 5.97 Å². The number of carboxylic acids is 1. The summed E-state index contributed by atoms with van der Waals surface area (Å²) in [5, 5.41) is 8.56. The lowest BCUT2D eigenvalue weighted by Crippen LogP contribution is -2.26. The Bertz CT molecular complexity index is 338. The minimum atomic E-state index is -0.870. The second kappa shape index (κ2) is 5.36. The van der Waals surface area contributed by atoms with Gasteiger partial charge in [0.15, 0.2) is 0 Å². The number of aliphatic carboxylic acids is 1. The van der Waals surface area contributed by atoms with E-state index in [1.54, 1.807) is 7.11 Å². The zero-order valence-electron chi connectivity index (χ0n) is 8.64. The molecular formula is C11H15NO3. The van der Waals surface area contributed by atoms with Crippen molar-refractivity contribution in [1.82, 2.24) is 0 Å². The Morgan fingerprint density at radius 3 is 2.93 bits per heavy atom. The summed E-state index contributed by atoms with van der Waals surface area (Å²) < 4.78 is 5.06. The van der Waals surface area contributed by atoms with Crippen molar-refractivity contribution in [2.75, 3.05) is 7.11 Å². The van der Waals surface area contributed by atoms with E-state index in [2.05, 4.69) is 0 Å². The molecule has 4 nitrogen and oxygen atoms in total. The maximum atomic E-state index is 10.4. The number of hydrogen-bond donors (Lipinski definition) is 2. The summed E-state index contributed by atoms with van der Waals surface area (Å²) in [5.41, 5.74) is 6.67. The molecule has 0 heterocycles. The Morgan fingerprint density at radius 1 is 1.60 bits per heavy atom. The van der Waals surface area contributed by atoms with Gasteiger partial charge in [-0.05, 0) is 24.1 Å². The van der Waals surface area contributed by atoms with Crippen molar-refractivity contribution in [3.8, 4) is 5.75 Å². The van der Waals surface area contributed by atoms with Crippen LogP contribution < -0.4 is 10.5 Å². The molecule has 0 aliphatic carbocycles. The van der Waals surface area contributed by atoms with Gasteiger partial charge < -0.3 is 15.6 Å². The molecule has 0 aliphatic rings. The summed E-state index contributed by atoms with van der Waals surface area (Å²) in [6.45, 7) is 0. The van der Waals surface area contributed by atoms with Gasteiger partial charge in [-0.15, -0.1) is 0 Å². The molecule has 1 rings (SSSR count). The van der Waals surface area contributed by atoms with Gasteiger partial charge in [0.2, 0.25) is 0 Å². The highest BCUT2D eigenvalue weighted by atomic mass is 16.5. The molecule has 1 aromatic carbocycles. The van der Waals surface area contributed by atoms with Crippen LogP contribution in [0.5, 0.6) is 5.75 Å². The first-order chi connectivity index (χ1) is 7.11. The van der Waals surface area contributed by atoms with Crippen LogP contribution in [-0.2, 0) is 11.2 Å². The highest BCUT2D eigenvalue weighted by molar-refractivity contribution is 5.67. The van der Waals surface area contributed by atoms with E-state index >= 15 is 0 Å². The van der Waals surface area contributed by atoms with Crippen LogP contribution in [0.1, 0.15) is 12.0 Å². The van der Waals surface area contributed by atoms with Crippen LogP contribution in [0.15, 0.2) is 24.3 Å². The number of hydrogen-bond acceptors (Lipinski definition) is 3. The van der Waals surface area contributed by atoms with Crippen LogP contribution in [-0.4, -0.2) is 24.2 Å². The molecule has 0 fully saturated rings. The van der Waals surface area contributed by atoms with Crippen LogP contribution in [0.4, 0.5) is 0 Å². The van der Waals surface area contributed by atoms with E-state index in [9.17, 15) is 4.79 Å². The van der Waals surface area contributed by atoms with E-state index in [0.717, 1.165) is 11.3 Å². The third kappa shape index (κ3) is 3.99. The highest BCUT2D eigenvalue weighted by Gasteiger charge is 2.09. The molecule has 0 amide bonds. The smallest absolute Gasteiger partial charge is 0.304 e. The summed E-state index contributed by atoms with van der Waals surface area (Å²) in [5.74, 6) is -0.111. The summed E-state index contributed by atoms with van der Waals surface area (Å²) in [6.07, 6.45) is 0.528. The first-order valence-corrected chi connectivity index (χ1v) is 4.72. The molecule has 82 valence electrons.